The highest BCUT2D eigenvalue weighted by Crippen LogP contribution is 2.19. The molecule has 0 aromatic rings. The van der Waals surface area contributed by atoms with Gasteiger partial charge in [-0.05, 0) is 25.0 Å². The first-order valence-corrected chi connectivity index (χ1v) is 6.04. The summed E-state index contributed by atoms with van der Waals surface area (Å²) < 4.78 is 5.90. The highest BCUT2D eigenvalue weighted by molar-refractivity contribution is 5.73. The summed E-state index contributed by atoms with van der Waals surface area (Å²) in [4.78, 5) is 13.1. The number of allylic oxidation sites excluding steroid dienone is 3. The Kier molecular flexibility index (Phi) is 3.65. The molecule has 1 saturated heterocycles. The maximum Gasteiger partial charge on any atom is 0.219 e. The summed E-state index contributed by atoms with van der Waals surface area (Å²) in [5, 5.41) is 0. The molecule has 3 nitrogen and oxygen atoms in total. The van der Waals surface area contributed by atoms with Crippen LogP contribution < -0.4 is 0 Å². The number of likely N-dealkylation sites (tertiary alicyclic amines) is 1. The van der Waals surface area contributed by atoms with Crippen LogP contribution in [0, 0.1) is 0 Å². The topological polar surface area (TPSA) is 29.5 Å². The average molecular weight is 221 g/mol. The van der Waals surface area contributed by atoms with Crippen LogP contribution in [0.5, 0.6) is 0 Å². The minimum Gasteiger partial charge on any atom is -0.491 e. The molecule has 0 radical (unpaired) electrons. The third-order valence-corrected chi connectivity index (χ3v) is 3.15. The van der Waals surface area contributed by atoms with Crippen LogP contribution in [0.25, 0.3) is 0 Å². The SMILES string of the molecule is CC(=O)N1CCC(OC2=CCCC=C2)CC1. The Hall–Kier alpha value is -1.25. The number of hydrogen-bond donors (Lipinski definition) is 0. The van der Waals surface area contributed by atoms with Crippen molar-refractivity contribution in [3.05, 3.63) is 24.0 Å². The zero-order chi connectivity index (χ0) is 11.4. The van der Waals surface area contributed by atoms with Gasteiger partial charge in [0.15, 0.2) is 0 Å². The Morgan fingerprint density at radius 1 is 1.38 bits per heavy atom. The molecule has 0 unspecified atom stereocenters. The van der Waals surface area contributed by atoms with Crippen LogP contribution in [-0.2, 0) is 9.53 Å². The molecule has 3 heteroatoms. The van der Waals surface area contributed by atoms with E-state index in [1.807, 2.05) is 4.90 Å². The zero-order valence-electron chi connectivity index (χ0n) is 9.82. The maximum atomic E-state index is 11.2. The van der Waals surface area contributed by atoms with Gasteiger partial charge in [-0.25, -0.2) is 0 Å². The van der Waals surface area contributed by atoms with Gasteiger partial charge in [0.1, 0.15) is 11.9 Å². The van der Waals surface area contributed by atoms with E-state index in [-0.39, 0.29) is 12.0 Å². The molecule has 0 N–H and O–H groups in total. The van der Waals surface area contributed by atoms with Crippen molar-refractivity contribution in [2.24, 2.45) is 0 Å². The van der Waals surface area contributed by atoms with E-state index in [1.54, 1.807) is 6.92 Å². The van der Waals surface area contributed by atoms with E-state index in [1.165, 1.54) is 0 Å². The van der Waals surface area contributed by atoms with Crippen LogP contribution in [0.1, 0.15) is 32.6 Å². The fourth-order valence-corrected chi connectivity index (χ4v) is 2.16. The first-order valence-electron chi connectivity index (χ1n) is 6.04. The third kappa shape index (κ3) is 2.87. The summed E-state index contributed by atoms with van der Waals surface area (Å²) in [6, 6.07) is 0. The molecule has 0 aromatic heterocycles. The quantitative estimate of drug-likeness (QED) is 0.715. The summed E-state index contributed by atoms with van der Waals surface area (Å²) in [7, 11) is 0. The van der Waals surface area contributed by atoms with Gasteiger partial charge >= 0.3 is 0 Å². The van der Waals surface area contributed by atoms with Crippen molar-refractivity contribution < 1.29 is 9.53 Å². The van der Waals surface area contributed by atoms with Crippen LogP contribution in [-0.4, -0.2) is 30.0 Å². The molecule has 0 saturated carbocycles. The molecule has 2 rings (SSSR count). The molecule has 0 atom stereocenters. The van der Waals surface area contributed by atoms with E-state index >= 15 is 0 Å². The van der Waals surface area contributed by atoms with Crippen molar-refractivity contribution in [2.75, 3.05) is 13.1 Å². The Morgan fingerprint density at radius 2 is 2.12 bits per heavy atom. The van der Waals surface area contributed by atoms with Crippen LogP contribution >= 0.6 is 0 Å². The maximum absolute atomic E-state index is 11.2. The van der Waals surface area contributed by atoms with Crippen LogP contribution in [0.15, 0.2) is 24.0 Å². The summed E-state index contributed by atoms with van der Waals surface area (Å²) in [5.74, 6) is 1.18. The molecule has 1 aliphatic carbocycles. The Labute approximate surface area is 96.8 Å². The number of piperidine rings is 1. The molecule has 1 amide bonds. The first-order chi connectivity index (χ1) is 7.75. The van der Waals surface area contributed by atoms with Gasteiger partial charge in [0.2, 0.25) is 5.91 Å². The van der Waals surface area contributed by atoms with Gasteiger partial charge < -0.3 is 9.64 Å². The van der Waals surface area contributed by atoms with Gasteiger partial charge in [-0.15, -0.1) is 0 Å². The second-order valence-corrected chi connectivity index (χ2v) is 4.41. The molecule has 0 aromatic carbocycles. The van der Waals surface area contributed by atoms with E-state index in [2.05, 4.69) is 18.2 Å². The van der Waals surface area contributed by atoms with Crippen LogP contribution in [0.2, 0.25) is 0 Å². The van der Waals surface area contributed by atoms with Gasteiger partial charge in [0.25, 0.3) is 0 Å². The van der Waals surface area contributed by atoms with Crippen molar-refractivity contribution in [1.82, 2.24) is 4.90 Å². The lowest BCUT2D eigenvalue weighted by molar-refractivity contribution is -0.130. The first kappa shape index (κ1) is 11.2. The lowest BCUT2D eigenvalue weighted by Crippen LogP contribution is -2.39. The molecule has 16 heavy (non-hydrogen) atoms. The molecule has 88 valence electrons. The molecular formula is C13H19NO2. The predicted molar refractivity (Wildman–Crippen MR) is 62.8 cm³/mol. The fraction of sp³-hybridized carbons (Fsp3) is 0.615. The number of rotatable bonds is 2. The van der Waals surface area contributed by atoms with E-state index in [9.17, 15) is 4.79 Å². The van der Waals surface area contributed by atoms with Gasteiger partial charge in [-0.3, -0.25) is 4.79 Å². The molecule has 1 aliphatic heterocycles. The lowest BCUT2D eigenvalue weighted by Gasteiger charge is -2.31. The number of carbonyl (C=O) groups is 1. The Balaban J connectivity index is 1.79. The molecule has 0 spiro atoms. The predicted octanol–water partition coefficient (Wildman–Crippen LogP) is 2.25. The molecular weight excluding hydrogens is 202 g/mol. The minimum atomic E-state index is 0.176. The highest BCUT2D eigenvalue weighted by Gasteiger charge is 2.22. The number of hydrogen-bond acceptors (Lipinski definition) is 2. The number of nitrogens with zero attached hydrogens (tertiary/aromatic N) is 1. The Morgan fingerprint density at radius 3 is 2.69 bits per heavy atom. The van der Waals surface area contributed by atoms with Crippen LogP contribution in [0.3, 0.4) is 0 Å². The molecule has 2 aliphatic rings. The van der Waals surface area contributed by atoms with Crippen molar-refractivity contribution in [2.45, 2.75) is 38.7 Å². The normalized spacial score (nSPS) is 21.8. The highest BCUT2D eigenvalue weighted by atomic mass is 16.5. The largest absolute Gasteiger partial charge is 0.491 e. The van der Waals surface area contributed by atoms with E-state index < -0.39 is 0 Å². The second-order valence-electron chi connectivity index (χ2n) is 4.41. The van der Waals surface area contributed by atoms with Gasteiger partial charge in [-0.2, -0.15) is 0 Å². The summed E-state index contributed by atoms with van der Waals surface area (Å²) in [5.41, 5.74) is 0. The van der Waals surface area contributed by atoms with E-state index in [0.29, 0.717) is 0 Å². The second kappa shape index (κ2) is 5.19. The summed E-state index contributed by atoms with van der Waals surface area (Å²) in [6.07, 6.45) is 10.7. The fourth-order valence-electron chi connectivity index (χ4n) is 2.16. The number of carbonyl (C=O) groups excluding carboxylic acids is 1. The van der Waals surface area contributed by atoms with Crippen molar-refractivity contribution >= 4 is 5.91 Å². The lowest BCUT2D eigenvalue weighted by atomic mass is 10.1. The summed E-state index contributed by atoms with van der Waals surface area (Å²) >= 11 is 0. The molecule has 1 heterocycles. The third-order valence-electron chi connectivity index (χ3n) is 3.15. The van der Waals surface area contributed by atoms with Gasteiger partial charge in [-0.1, -0.05) is 6.08 Å². The summed E-state index contributed by atoms with van der Waals surface area (Å²) in [6.45, 7) is 3.29. The van der Waals surface area contributed by atoms with Crippen molar-refractivity contribution in [1.29, 1.82) is 0 Å². The number of amides is 1. The van der Waals surface area contributed by atoms with Gasteiger partial charge in [0.05, 0.1) is 0 Å². The minimum absolute atomic E-state index is 0.176. The molecule has 1 fully saturated rings. The van der Waals surface area contributed by atoms with E-state index in [0.717, 1.165) is 44.5 Å². The standard InChI is InChI=1S/C13H19NO2/c1-11(15)14-9-7-13(8-10-14)16-12-5-3-2-4-6-12/h3,5-6,13H,2,4,7-10H2,1H3. The van der Waals surface area contributed by atoms with E-state index in [4.69, 9.17) is 4.74 Å². The monoisotopic (exact) mass is 221 g/mol. The van der Waals surface area contributed by atoms with Crippen molar-refractivity contribution in [3.63, 3.8) is 0 Å². The van der Waals surface area contributed by atoms with Crippen molar-refractivity contribution in [3.8, 4) is 0 Å². The smallest absolute Gasteiger partial charge is 0.219 e. The Bertz CT molecular complexity index is 312. The average Bonchev–Trinajstić information content (AvgIpc) is 2.31. The zero-order valence-corrected chi connectivity index (χ0v) is 9.82. The van der Waals surface area contributed by atoms with Gasteiger partial charge in [0, 0.05) is 32.9 Å². The van der Waals surface area contributed by atoms with Crippen LogP contribution in [0.4, 0.5) is 0 Å². The number of ether oxygens (including phenoxy) is 1. The molecule has 0 bridgehead atoms.